The number of carbonyl (C=O) groups excluding carboxylic acids is 1. The van der Waals surface area contributed by atoms with Crippen LogP contribution in [0.4, 0.5) is 4.39 Å². The van der Waals surface area contributed by atoms with E-state index in [9.17, 15) is 9.18 Å². The molecule has 1 saturated heterocycles. The topological polar surface area (TPSA) is 20.3 Å². The summed E-state index contributed by atoms with van der Waals surface area (Å²) < 4.78 is 12.8. The zero-order valence-electron chi connectivity index (χ0n) is 10.3. The molecule has 1 aromatic carbocycles. The van der Waals surface area contributed by atoms with Crippen LogP contribution in [-0.4, -0.2) is 40.4 Å². The van der Waals surface area contributed by atoms with Gasteiger partial charge in [0.05, 0.1) is 5.25 Å². The molecule has 98 valence electrons. The normalized spacial score (nSPS) is 19.6. The number of amides is 1. The van der Waals surface area contributed by atoms with Crippen molar-refractivity contribution in [3.63, 3.8) is 0 Å². The van der Waals surface area contributed by atoms with Crippen molar-refractivity contribution in [2.75, 3.05) is 24.3 Å². The third-order valence-electron chi connectivity index (χ3n) is 2.80. The molecule has 0 N–H and O–H groups in total. The second-order valence-corrected chi connectivity index (χ2v) is 6.72. The molecule has 0 saturated carbocycles. The summed E-state index contributed by atoms with van der Waals surface area (Å²) >= 11 is 3.58. The molecule has 5 heteroatoms. The fraction of sp³-hybridized carbons (Fsp3) is 0.462. The van der Waals surface area contributed by atoms with E-state index in [0.717, 1.165) is 22.8 Å². The van der Waals surface area contributed by atoms with Gasteiger partial charge < -0.3 is 4.90 Å². The second-order valence-electron chi connectivity index (χ2n) is 4.26. The molecule has 1 aliphatic rings. The number of rotatable bonds is 3. The first kappa shape index (κ1) is 13.7. The van der Waals surface area contributed by atoms with Crippen LogP contribution >= 0.6 is 23.5 Å². The Hall–Kier alpha value is -0.680. The minimum Gasteiger partial charge on any atom is -0.340 e. The Labute approximate surface area is 115 Å². The summed E-state index contributed by atoms with van der Waals surface area (Å²) in [5, 5.41) is 0.0780. The van der Waals surface area contributed by atoms with Crippen LogP contribution < -0.4 is 0 Å². The fourth-order valence-electron chi connectivity index (χ4n) is 1.82. The number of halogens is 1. The molecule has 1 aliphatic heterocycles. The van der Waals surface area contributed by atoms with Crippen LogP contribution in [0, 0.1) is 5.82 Å². The first-order valence-electron chi connectivity index (χ1n) is 5.85. The van der Waals surface area contributed by atoms with Crippen LogP contribution in [-0.2, 0) is 11.3 Å². The van der Waals surface area contributed by atoms with E-state index in [1.807, 2.05) is 18.8 Å². The molecule has 1 atom stereocenters. The van der Waals surface area contributed by atoms with Gasteiger partial charge in [0.25, 0.3) is 0 Å². The monoisotopic (exact) mass is 285 g/mol. The van der Waals surface area contributed by atoms with Crippen LogP contribution in [0.3, 0.4) is 0 Å². The minimum atomic E-state index is -0.244. The van der Waals surface area contributed by atoms with E-state index in [4.69, 9.17) is 0 Å². The average Bonchev–Trinajstić information content (AvgIpc) is 2.41. The van der Waals surface area contributed by atoms with Gasteiger partial charge in [-0.1, -0.05) is 12.1 Å². The van der Waals surface area contributed by atoms with E-state index in [2.05, 4.69) is 0 Å². The van der Waals surface area contributed by atoms with Crippen molar-refractivity contribution >= 4 is 29.4 Å². The van der Waals surface area contributed by atoms with E-state index in [1.54, 1.807) is 28.8 Å². The third kappa shape index (κ3) is 3.65. The van der Waals surface area contributed by atoms with Gasteiger partial charge in [0.1, 0.15) is 5.82 Å². The van der Waals surface area contributed by atoms with Crippen molar-refractivity contribution in [2.24, 2.45) is 0 Å². The smallest absolute Gasteiger partial charge is 0.236 e. The minimum absolute atomic E-state index is 0.0780. The molecule has 2 nitrogen and oxygen atoms in total. The van der Waals surface area contributed by atoms with E-state index < -0.39 is 0 Å². The molecule has 1 aromatic rings. The van der Waals surface area contributed by atoms with Gasteiger partial charge in [-0.05, 0) is 17.7 Å². The molecule has 0 bridgehead atoms. The van der Waals surface area contributed by atoms with Crippen molar-refractivity contribution in [2.45, 2.75) is 11.8 Å². The lowest BCUT2D eigenvalue weighted by molar-refractivity contribution is -0.129. The van der Waals surface area contributed by atoms with Crippen LogP contribution in [0.5, 0.6) is 0 Å². The van der Waals surface area contributed by atoms with E-state index in [1.165, 1.54) is 12.1 Å². The number of hydrogen-bond donors (Lipinski definition) is 0. The first-order valence-corrected chi connectivity index (χ1v) is 8.06. The van der Waals surface area contributed by atoms with E-state index in [0.29, 0.717) is 6.54 Å². The molecule has 0 spiro atoms. The van der Waals surface area contributed by atoms with Gasteiger partial charge in [-0.15, -0.1) is 11.8 Å². The van der Waals surface area contributed by atoms with Crippen molar-refractivity contribution < 1.29 is 9.18 Å². The number of hydrogen-bond acceptors (Lipinski definition) is 3. The van der Waals surface area contributed by atoms with Crippen molar-refractivity contribution in [1.82, 2.24) is 4.90 Å². The predicted molar refractivity (Wildman–Crippen MR) is 76.4 cm³/mol. The quantitative estimate of drug-likeness (QED) is 0.851. The number of thioether (sulfide) groups is 2. The highest BCUT2D eigenvalue weighted by atomic mass is 32.2. The van der Waals surface area contributed by atoms with Crippen LogP contribution in [0.1, 0.15) is 5.56 Å². The Morgan fingerprint density at radius 3 is 2.72 bits per heavy atom. The second kappa shape index (κ2) is 6.48. The molecule has 1 fully saturated rings. The van der Waals surface area contributed by atoms with Gasteiger partial charge in [0.2, 0.25) is 5.91 Å². The predicted octanol–water partition coefficient (Wildman–Crippen LogP) is 2.63. The highest BCUT2D eigenvalue weighted by molar-refractivity contribution is 8.07. The molecule has 0 aliphatic carbocycles. The summed E-state index contributed by atoms with van der Waals surface area (Å²) in [7, 11) is 1.81. The standard InChI is InChI=1S/C13H16FNOS2/c1-15(8-10-2-4-11(14)5-3-10)13(16)12-9-17-6-7-18-12/h2-5,12H,6-9H2,1H3. The van der Waals surface area contributed by atoms with Gasteiger partial charge in [0.15, 0.2) is 0 Å². The van der Waals surface area contributed by atoms with Crippen LogP contribution in [0.25, 0.3) is 0 Å². The maximum atomic E-state index is 12.8. The van der Waals surface area contributed by atoms with Crippen LogP contribution in [0.2, 0.25) is 0 Å². The fourth-order valence-corrected chi connectivity index (χ4v) is 4.48. The van der Waals surface area contributed by atoms with Gasteiger partial charge in [0, 0.05) is 30.9 Å². The Morgan fingerprint density at radius 2 is 2.11 bits per heavy atom. The highest BCUT2D eigenvalue weighted by Gasteiger charge is 2.24. The Morgan fingerprint density at radius 1 is 1.39 bits per heavy atom. The molecule has 1 unspecified atom stereocenters. The number of carbonyl (C=O) groups is 1. The lowest BCUT2D eigenvalue weighted by Crippen LogP contribution is -2.37. The maximum absolute atomic E-state index is 12.8. The molecule has 0 radical (unpaired) electrons. The average molecular weight is 285 g/mol. The van der Waals surface area contributed by atoms with Crippen molar-refractivity contribution in [3.05, 3.63) is 35.6 Å². The third-order valence-corrected chi connectivity index (χ3v) is 5.54. The molecule has 2 rings (SSSR count). The Bertz CT molecular complexity index is 404. The molecular weight excluding hydrogens is 269 g/mol. The summed E-state index contributed by atoms with van der Waals surface area (Å²) in [4.78, 5) is 13.9. The highest BCUT2D eigenvalue weighted by Crippen LogP contribution is 2.25. The van der Waals surface area contributed by atoms with E-state index >= 15 is 0 Å². The molecule has 0 aromatic heterocycles. The number of benzene rings is 1. The Balaban J connectivity index is 1.92. The van der Waals surface area contributed by atoms with Gasteiger partial charge in [-0.2, -0.15) is 11.8 Å². The van der Waals surface area contributed by atoms with Crippen LogP contribution in [0.15, 0.2) is 24.3 Å². The molecular formula is C13H16FNOS2. The van der Waals surface area contributed by atoms with E-state index in [-0.39, 0.29) is 17.0 Å². The zero-order valence-corrected chi connectivity index (χ0v) is 11.9. The Kier molecular flexibility index (Phi) is 4.95. The summed E-state index contributed by atoms with van der Waals surface area (Å²) in [5.41, 5.74) is 0.959. The van der Waals surface area contributed by atoms with Gasteiger partial charge in [-0.3, -0.25) is 4.79 Å². The summed E-state index contributed by atoms with van der Waals surface area (Å²) in [5.74, 6) is 3.02. The number of nitrogens with zero attached hydrogens (tertiary/aromatic N) is 1. The maximum Gasteiger partial charge on any atom is 0.236 e. The van der Waals surface area contributed by atoms with Gasteiger partial charge >= 0.3 is 0 Å². The lowest BCUT2D eigenvalue weighted by atomic mass is 10.2. The SMILES string of the molecule is CN(Cc1ccc(F)cc1)C(=O)C1CSCCS1. The molecule has 1 heterocycles. The zero-order chi connectivity index (χ0) is 13.0. The first-order chi connectivity index (χ1) is 8.66. The lowest BCUT2D eigenvalue weighted by Gasteiger charge is -2.25. The molecule has 18 heavy (non-hydrogen) atoms. The van der Waals surface area contributed by atoms with Crippen molar-refractivity contribution in [1.29, 1.82) is 0 Å². The molecule has 1 amide bonds. The van der Waals surface area contributed by atoms with Crippen molar-refractivity contribution in [3.8, 4) is 0 Å². The van der Waals surface area contributed by atoms with Gasteiger partial charge in [-0.25, -0.2) is 4.39 Å². The summed E-state index contributed by atoms with van der Waals surface area (Å²) in [6.45, 7) is 0.542. The summed E-state index contributed by atoms with van der Waals surface area (Å²) in [6.07, 6.45) is 0. The largest absolute Gasteiger partial charge is 0.340 e. The summed E-state index contributed by atoms with van der Waals surface area (Å²) in [6, 6.07) is 6.31.